The van der Waals surface area contributed by atoms with Gasteiger partial charge in [0.1, 0.15) is 5.82 Å². The van der Waals surface area contributed by atoms with Crippen LogP contribution in [-0.2, 0) is 11.8 Å². The van der Waals surface area contributed by atoms with Crippen LogP contribution in [0.3, 0.4) is 0 Å². The van der Waals surface area contributed by atoms with Gasteiger partial charge in [-0.05, 0) is 62.7 Å². The molecule has 0 amide bonds. The van der Waals surface area contributed by atoms with Crippen LogP contribution < -0.4 is 15.1 Å². The van der Waals surface area contributed by atoms with E-state index in [1.165, 1.54) is 60.5 Å². The number of fused-ring (bicyclic) bond motifs is 7. The Morgan fingerprint density at radius 3 is 2.07 bits per heavy atom. The van der Waals surface area contributed by atoms with Gasteiger partial charge < -0.3 is 15.1 Å². The number of nitrogens with zero attached hydrogens (tertiary/aromatic N) is 2. The van der Waals surface area contributed by atoms with Gasteiger partial charge in [-0.2, -0.15) is 0 Å². The molecule has 1 N–H and O–H groups in total. The van der Waals surface area contributed by atoms with Crippen LogP contribution in [0.1, 0.15) is 18.1 Å². The lowest BCUT2D eigenvalue weighted by molar-refractivity contribution is 0.440. The van der Waals surface area contributed by atoms with Crippen LogP contribution in [0.25, 0.3) is 32.3 Å². The van der Waals surface area contributed by atoms with Crippen LogP contribution >= 0.6 is 0 Å². The lowest BCUT2D eigenvalue weighted by Crippen LogP contribution is -2.42. The molecule has 0 saturated heterocycles. The van der Waals surface area contributed by atoms with Crippen molar-refractivity contribution < 1.29 is 0 Å². The zero-order valence-corrected chi connectivity index (χ0v) is 23.7. The summed E-state index contributed by atoms with van der Waals surface area (Å²) in [5.41, 5.74) is 6.38. The van der Waals surface area contributed by atoms with E-state index in [0.29, 0.717) is 0 Å². The quantitative estimate of drug-likeness (QED) is 0.246. The first kappa shape index (κ1) is 24.1. The van der Waals surface area contributed by atoms with Gasteiger partial charge in [-0.1, -0.05) is 110 Å². The van der Waals surface area contributed by atoms with Gasteiger partial charge in [-0.3, -0.25) is 0 Å². The molecule has 0 aliphatic carbocycles. The number of nitrogens with one attached hydrogen (secondary N) is 1. The van der Waals surface area contributed by atoms with Crippen molar-refractivity contribution in [2.45, 2.75) is 24.8 Å². The number of hydrogen-bond donors (Lipinski definition) is 1. The fraction of sp³-hybridized carbons (Fsp3) is 0.158. The summed E-state index contributed by atoms with van der Waals surface area (Å²) in [4.78, 5) is 4.81. The highest BCUT2D eigenvalue weighted by Crippen LogP contribution is 2.51. The Labute approximate surface area is 241 Å². The zero-order chi connectivity index (χ0) is 27.7. The minimum absolute atomic E-state index is 0.153. The van der Waals surface area contributed by atoms with E-state index in [0.717, 1.165) is 12.2 Å². The van der Waals surface area contributed by atoms with Crippen LogP contribution in [0.4, 0.5) is 17.1 Å². The van der Waals surface area contributed by atoms with Crippen molar-refractivity contribution in [2.24, 2.45) is 0 Å². The van der Waals surface area contributed by atoms with Crippen molar-refractivity contribution in [3.05, 3.63) is 138 Å². The maximum absolute atomic E-state index is 3.82. The molecule has 2 unspecified atom stereocenters. The Kier molecular flexibility index (Phi) is 5.21. The number of rotatable bonds is 3. The third-order valence-electron chi connectivity index (χ3n) is 9.51. The monoisotopic (exact) mass is 531 g/mol. The molecular formula is C38H33N3. The van der Waals surface area contributed by atoms with Gasteiger partial charge in [0.2, 0.25) is 0 Å². The van der Waals surface area contributed by atoms with E-state index in [1.807, 2.05) is 0 Å². The van der Waals surface area contributed by atoms with Gasteiger partial charge in [0.25, 0.3) is 0 Å². The van der Waals surface area contributed by atoms with E-state index in [2.05, 4.69) is 157 Å². The molecule has 0 aromatic heterocycles. The first-order chi connectivity index (χ1) is 20.0. The van der Waals surface area contributed by atoms with Crippen LogP contribution in [0, 0.1) is 0 Å². The van der Waals surface area contributed by atoms with E-state index in [9.17, 15) is 0 Å². The predicted molar refractivity (Wildman–Crippen MR) is 175 cm³/mol. The second-order valence-corrected chi connectivity index (χ2v) is 11.9. The molecule has 2 aliphatic heterocycles. The molecular weight excluding hydrogens is 498 g/mol. The van der Waals surface area contributed by atoms with Crippen LogP contribution in [-0.4, -0.2) is 20.1 Å². The maximum Gasteiger partial charge on any atom is 0.108 e. The molecule has 0 saturated carbocycles. The first-order valence-electron chi connectivity index (χ1n) is 14.5. The van der Waals surface area contributed by atoms with Crippen molar-refractivity contribution >= 4 is 49.4 Å². The Morgan fingerprint density at radius 1 is 0.683 bits per heavy atom. The second kappa shape index (κ2) is 8.87. The molecule has 0 fully saturated rings. The summed E-state index contributed by atoms with van der Waals surface area (Å²) in [5, 5.41) is 11.6. The average Bonchev–Trinajstić information content (AvgIpc) is 3.44. The van der Waals surface area contributed by atoms with Crippen LogP contribution in [0.5, 0.6) is 0 Å². The van der Waals surface area contributed by atoms with E-state index < -0.39 is 0 Å². The van der Waals surface area contributed by atoms with Crippen LogP contribution in [0.15, 0.2) is 127 Å². The van der Waals surface area contributed by atoms with Crippen LogP contribution in [0.2, 0.25) is 0 Å². The molecule has 6 aromatic rings. The standard InChI is InChI=1S/C38H33N3/c1-38(24-25-16-17-26-10-4-5-13-29(26)22-25)34(40(2)32-20-18-27-11-6-8-14-30(27)36(32)38)23-35-39-37-31-15-9-7-12-28(31)19-21-33(37)41(35)3/h4-23,34,39H,24H2,1-3H3/b35-23+. The predicted octanol–water partition coefficient (Wildman–Crippen LogP) is 8.87. The van der Waals surface area contributed by atoms with Crippen molar-refractivity contribution in [3.63, 3.8) is 0 Å². The van der Waals surface area contributed by atoms with Gasteiger partial charge in [-0.15, -0.1) is 0 Å². The summed E-state index contributed by atoms with van der Waals surface area (Å²) in [6.45, 7) is 2.47. The average molecular weight is 532 g/mol. The summed E-state index contributed by atoms with van der Waals surface area (Å²) >= 11 is 0. The van der Waals surface area contributed by atoms with Gasteiger partial charge >= 0.3 is 0 Å². The van der Waals surface area contributed by atoms with Crippen molar-refractivity contribution in [1.29, 1.82) is 0 Å². The lowest BCUT2D eigenvalue weighted by Gasteiger charge is -2.35. The third kappa shape index (κ3) is 3.58. The molecule has 2 aliphatic rings. The molecule has 41 heavy (non-hydrogen) atoms. The number of anilines is 3. The Balaban J connectivity index is 1.29. The summed E-state index contributed by atoms with van der Waals surface area (Å²) < 4.78 is 0. The Morgan fingerprint density at radius 2 is 1.29 bits per heavy atom. The van der Waals surface area contributed by atoms with Crippen molar-refractivity contribution in [1.82, 2.24) is 0 Å². The topological polar surface area (TPSA) is 18.5 Å². The summed E-state index contributed by atoms with van der Waals surface area (Å²) in [6.07, 6.45) is 3.40. The fourth-order valence-corrected chi connectivity index (χ4v) is 7.46. The summed E-state index contributed by atoms with van der Waals surface area (Å²) in [7, 11) is 4.44. The Bertz CT molecular complexity index is 2020. The molecule has 8 rings (SSSR count). The minimum atomic E-state index is -0.153. The molecule has 2 heterocycles. The first-order valence-corrected chi connectivity index (χ1v) is 14.5. The maximum atomic E-state index is 3.82. The minimum Gasteiger partial charge on any atom is -0.367 e. The number of likely N-dealkylation sites (N-methyl/N-ethyl adjacent to an activating group) is 1. The van der Waals surface area contributed by atoms with E-state index in [1.54, 1.807) is 0 Å². The third-order valence-corrected chi connectivity index (χ3v) is 9.51. The highest BCUT2D eigenvalue weighted by atomic mass is 15.3. The van der Waals surface area contributed by atoms with Gasteiger partial charge in [-0.25, -0.2) is 0 Å². The van der Waals surface area contributed by atoms with Crippen molar-refractivity contribution in [3.8, 4) is 0 Å². The van der Waals surface area contributed by atoms with Gasteiger partial charge in [0.15, 0.2) is 0 Å². The largest absolute Gasteiger partial charge is 0.367 e. The van der Waals surface area contributed by atoms with Gasteiger partial charge in [0, 0.05) is 30.6 Å². The summed E-state index contributed by atoms with van der Waals surface area (Å²) in [5.74, 6) is 1.13. The molecule has 0 bridgehead atoms. The molecule has 3 heteroatoms. The molecule has 0 radical (unpaired) electrons. The number of hydrogen-bond acceptors (Lipinski definition) is 3. The Hall–Kier alpha value is -4.76. The molecule has 3 nitrogen and oxygen atoms in total. The number of benzene rings is 6. The van der Waals surface area contributed by atoms with E-state index >= 15 is 0 Å². The molecule has 200 valence electrons. The molecule has 0 spiro atoms. The van der Waals surface area contributed by atoms with Gasteiger partial charge in [0.05, 0.1) is 17.4 Å². The fourth-order valence-electron chi connectivity index (χ4n) is 7.46. The zero-order valence-electron chi connectivity index (χ0n) is 23.7. The van der Waals surface area contributed by atoms with Crippen molar-refractivity contribution in [2.75, 3.05) is 29.2 Å². The smallest absolute Gasteiger partial charge is 0.108 e. The van der Waals surface area contributed by atoms with E-state index in [-0.39, 0.29) is 11.5 Å². The summed E-state index contributed by atoms with van der Waals surface area (Å²) in [6, 6.07) is 42.4. The highest BCUT2D eigenvalue weighted by Gasteiger charge is 2.47. The SMILES string of the molecule is CN1/C(=C/C2N(C)c3ccc4ccccc4c3C2(C)Cc2ccc3ccccc3c2)Nc2c1ccc1ccccc21. The molecule has 6 aromatic carbocycles. The highest BCUT2D eigenvalue weighted by molar-refractivity contribution is 6.04. The molecule has 2 atom stereocenters. The lowest BCUT2D eigenvalue weighted by atomic mass is 9.72. The van der Waals surface area contributed by atoms with E-state index in [4.69, 9.17) is 0 Å². The second-order valence-electron chi connectivity index (χ2n) is 11.9. The normalized spacial score (nSPS) is 20.7.